The summed E-state index contributed by atoms with van der Waals surface area (Å²) >= 11 is 0. The van der Waals surface area contributed by atoms with Crippen LogP contribution in [0.5, 0.6) is 0 Å². The van der Waals surface area contributed by atoms with E-state index >= 15 is 0 Å². The van der Waals surface area contributed by atoms with Gasteiger partial charge in [-0.3, -0.25) is 14.7 Å². The van der Waals surface area contributed by atoms with Crippen molar-refractivity contribution in [3.05, 3.63) is 35.9 Å². The van der Waals surface area contributed by atoms with Gasteiger partial charge in [-0.25, -0.2) is 0 Å². The first-order valence-electron chi connectivity index (χ1n) is 11.1. The maximum absolute atomic E-state index is 2.87. The topological polar surface area (TPSA) is 9.72 Å². The van der Waals surface area contributed by atoms with Gasteiger partial charge in [-0.1, -0.05) is 36.8 Å². The summed E-state index contributed by atoms with van der Waals surface area (Å²) in [4.78, 5) is 8.34. The molecule has 0 spiro atoms. The Hall–Kier alpha value is -0.900. The Morgan fingerprint density at radius 1 is 0.731 bits per heavy atom. The molecule has 142 valence electrons. The molecule has 4 fully saturated rings. The smallest absolute Gasteiger partial charge is 0.0233 e. The van der Waals surface area contributed by atoms with Crippen molar-refractivity contribution in [3.8, 4) is 0 Å². The lowest BCUT2D eigenvalue weighted by atomic mass is 9.93. The van der Waals surface area contributed by atoms with Crippen LogP contribution < -0.4 is 0 Å². The minimum atomic E-state index is 0.837. The molecule has 0 aromatic heterocycles. The van der Waals surface area contributed by atoms with Gasteiger partial charge in [-0.15, -0.1) is 0 Å². The molecule has 3 nitrogen and oxygen atoms in total. The van der Waals surface area contributed by atoms with Gasteiger partial charge in [0.1, 0.15) is 0 Å². The number of benzene rings is 1. The van der Waals surface area contributed by atoms with Gasteiger partial charge in [-0.05, 0) is 62.6 Å². The number of piperazine rings is 1. The van der Waals surface area contributed by atoms with Crippen LogP contribution in [0.2, 0.25) is 0 Å². The number of hydrogen-bond donors (Lipinski definition) is 0. The molecule has 2 aliphatic carbocycles. The quantitative estimate of drug-likeness (QED) is 0.821. The molecule has 3 heteroatoms. The van der Waals surface area contributed by atoms with E-state index < -0.39 is 0 Å². The third-order valence-electron chi connectivity index (χ3n) is 7.84. The fraction of sp³-hybridized carbons (Fsp3) is 0.739. The zero-order chi connectivity index (χ0) is 17.3. The van der Waals surface area contributed by atoms with Gasteiger partial charge in [0.15, 0.2) is 0 Å². The Labute approximate surface area is 159 Å². The molecular weight excluding hydrogens is 318 g/mol. The standard InChI is InChI=1S/C23H35N3/c1-2-4-19(5-3-1)18-24-10-8-22(9-11-24)25-12-14-26(15-13-25)23-17-20-6-7-21(23)16-20/h1-5,20-23H,6-18H2/t20-,21+,23+/m1/s1. The average molecular weight is 354 g/mol. The molecule has 2 aliphatic heterocycles. The van der Waals surface area contributed by atoms with E-state index in [2.05, 4.69) is 45.0 Å². The van der Waals surface area contributed by atoms with Crippen LogP contribution in [0.25, 0.3) is 0 Å². The van der Waals surface area contributed by atoms with Crippen molar-refractivity contribution in [3.63, 3.8) is 0 Å². The van der Waals surface area contributed by atoms with Gasteiger partial charge in [0.25, 0.3) is 0 Å². The molecule has 0 N–H and O–H groups in total. The van der Waals surface area contributed by atoms with Crippen LogP contribution in [0.3, 0.4) is 0 Å². The van der Waals surface area contributed by atoms with E-state index in [9.17, 15) is 0 Å². The molecule has 26 heavy (non-hydrogen) atoms. The largest absolute Gasteiger partial charge is 0.299 e. The Kier molecular flexibility index (Phi) is 5.04. The molecule has 0 radical (unpaired) electrons. The van der Waals surface area contributed by atoms with Gasteiger partial charge in [0.05, 0.1) is 0 Å². The van der Waals surface area contributed by atoms with Gasteiger partial charge < -0.3 is 0 Å². The number of piperidine rings is 1. The van der Waals surface area contributed by atoms with Crippen molar-refractivity contribution in [1.29, 1.82) is 0 Å². The zero-order valence-corrected chi connectivity index (χ0v) is 16.2. The van der Waals surface area contributed by atoms with E-state index in [-0.39, 0.29) is 0 Å². The second-order valence-electron chi connectivity index (χ2n) is 9.31. The Bertz CT molecular complexity index is 572. The lowest BCUT2D eigenvalue weighted by molar-refractivity contribution is 0.0296. The molecule has 5 rings (SSSR count). The van der Waals surface area contributed by atoms with E-state index in [1.807, 2.05) is 0 Å². The first kappa shape index (κ1) is 17.2. The van der Waals surface area contributed by atoms with Gasteiger partial charge in [-0.2, -0.15) is 0 Å². The zero-order valence-electron chi connectivity index (χ0n) is 16.2. The van der Waals surface area contributed by atoms with E-state index in [0.29, 0.717) is 0 Å². The second-order valence-corrected chi connectivity index (χ2v) is 9.31. The lowest BCUT2D eigenvalue weighted by Crippen LogP contribution is -2.55. The summed E-state index contributed by atoms with van der Waals surface area (Å²) in [7, 11) is 0. The van der Waals surface area contributed by atoms with Crippen LogP contribution in [0, 0.1) is 11.8 Å². The van der Waals surface area contributed by atoms with Crippen LogP contribution in [0.15, 0.2) is 30.3 Å². The van der Waals surface area contributed by atoms with Crippen LogP contribution >= 0.6 is 0 Å². The third-order valence-corrected chi connectivity index (χ3v) is 7.84. The molecule has 2 bridgehead atoms. The van der Waals surface area contributed by atoms with E-state index in [1.165, 1.54) is 76.9 Å². The minimum Gasteiger partial charge on any atom is -0.299 e. The van der Waals surface area contributed by atoms with Crippen molar-refractivity contribution in [1.82, 2.24) is 14.7 Å². The van der Waals surface area contributed by atoms with Crippen molar-refractivity contribution in [2.24, 2.45) is 11.8 Å². The van der Waals surface area contributed by atoms with Gasteiger partial charge >= 0.3 is 0 Å². The first-order chi connectivity index (χ1) is 12.8. The SMILES string of the molecule is c1ccc(CN2CCC(N3CCN([C@H]4C[C@@H]5CC[C@H]4C5)CC3)CC2)cc1. The highest BCUT2D eigenvalue weighted by Crippen LogP contribution is 2.46. The summed E-state index contributed by atoms with van der Waals surface area (Å²) in [5, 5.41) is 0. The summed E-state index contributed by atoms with van der Waals surface area (Å²) < 4.78 is 0. The van der Waals surface area contributed by atoms with Crippen LogP contribution in [0.1, 0.15) is 44.1 Å². The Morgan fingerprint density at radius 2 is 1.46 bits per heavy atom. The normalized spacial score (nSPS) is 34.5. The van der Waals surface area contributed by atoms with Gasteiger partial charge in [0, 0.05) is 44.8 Å². The van der Waals surface area contributed by atoms with Crippen LogP contribution in [-0.2, 0) is 6.54 Å². The molecule has 4 aliphatic rings. The van der Waals surface area contributed by atoms with Crippen molar-refractivity contribution < 1.29 is 0 Å². The predicted molar refractivity (Wildman–Crippen MR) is 107 cm³/mol. The molecule has 3 atom stereocenters. The number of fused-ring (bicyclic) bond motifs is 2. The van der Waals surface area contributed by atoms with E-state index in [1.54, 1.807) is 6.42 Å². The molecule has 0 amide bonds. The molecule has 2 saturated heterocycles. The number of nitrogens with zero attached hydrogens (tertiary/aromatic N) is 3. The average Bonchev–Trinajstić information content (AvgIpc) is 3.33. The molecular formula is C23H35N3. The van der Waals surface area contributed by atoms with E-state index in [4.69, 9.17) is 0 Å². The minimum absolute atomic E-state index is 0.837. The Balaban J connectivity index is 1.07. The molecule has 0 unspecified atom stereocenters. The molecule has 2 heterocycles. The van der Waals surface area contributed by atoms with Crippen LogP contribution in [-0.4, -0.2) is 66.1 Å². The summed E-state index contributed by atoms with van der Waals surface area (Å²) in [5.74, 6) is 2.13. The fourth-order valence-corrected chi connectivity index (χ4v) is 6.38. The highest BCUT2D eigenvalue weighted by Gasteiger charge is 2.43. The summed E-state index contributed by atoms with van der Waals surface area (Å²) in [6.45, 7) is 8.97. The van der Waals surface area contributed by atoms with E-state index in [0.717, 1.165) is 30.5 Å². The number of likely N-dealkylation sites (tertiary alicyclic amines) is 1. The molecule has 1 aromatic carbocycles. The predicted octanol–water partition coefficient (Wildman–Crippen LogP) is 3.46. The molecule has 2 saturated carbocycles. The lowest BCUT2D eigenvalue weighted by Gasteiger charge is -2.45. The maximum Gasteiger partial charge on any atom is 0.0233 e. The second kappa shape index (κ2) is 7.61. The summed E-state index contributed by atoms with van der Waals surface area (Å²) in [6, 6.07) is 12.8. The van der Waals surface area contributed by atoms with Crippen molar-refractivity contribution in [2.75, 3.05) is 39.3 Å². The fourth-order valence-electron chi connectivity index (χ4n) is 6.38. The summed E-state index contributed by atoms with van der Waals surface area (Å²) in [6.07, 6.45) is 8.84. The number of rotatable bonds is 4. The van der Waals surface area contributed by atoms with Crippen molar-refractivity contribution >= 4 is 0 Å². The highest BCUT2D eigenvalue weighted by atomic mass is 15.3. The third kappa shape index (κ3) is 3.58. The monoisotopic (exact) mass is 353 g/mol. The summed E-state index contributed by atoms with van der Waals surface area (Å²) in [5.41, 5.74) is 1.46. The molecule has 1 aromatic rings. The van der Waals surface area contributed by atoms with Crippen molar-refractivity contribution in [2.45, 2.75) is 57.2 Å². The van der Waals surface area contributed by atoms with Crippen LogP contribution in [0.4, 0.5) is 0 Å². The number of hydrogen-bond acceptors (Lipinski definition) is 3. The first-order valence-corrected chi connectivity index (χ1v) is 11.1. The van der Waals surface area contributed by atoms with Gasteiger partial charge in [0.2, 0.25) is 0 Å². The Morgan fingerprint density at radius 3 is 2.12 bits per heavy atom. The maximum atomic E-state index is 2.87. The highest BCUT2D eigenvalue weighted by molar-refractivity contribution is 5.14.